The number of halogens is 1. The van der Waals surface area contributed by atoms with Crippen molar-refractivity contribution in [3.8, 4) is 5.75 Å². The molecule has 2 aromatic rings. The molecule has 3 rings (SSSR count). The van der Waals surface area contributed by atoms with Crippen LogP contribution >= 0.6 is 24.0 Å². The quantitative estimate of drug-likeness (QED) is 0.378. The molecule has 1 fully saturated rings. The van der Waals surface area contributed by atoms with Gasteiger partial charge in [0.25, 0.3) is 0 Å². The molecule has 0 unspecified atom stereocenters. The first kappa shape index (κ1) is 21.8. The summed E-state index contributed by atoms with van der Waals surface area (Å²) in [5, 5.41) is 2.97. The molecule has 1 heterocycles. The molecule has 7 nitrogen and oxygen atoms in total. The third-order valence-corrected chi connectivity index (χ3v) is 4.50. The summed E-state index contributed by atoms with van der Waals surface area (Å²) in [7, 11) is 1.61. The molecule has 0 atom stereocenters. The van der Waals surface area contributed by atoms with Crippen LogP contribution in [0.4, 0.5) is 11.4 Å². The molecule has 0 aromatic heterocycles. The zero-order valence-electron chi connectivity index (χ0n) is 15.9. The molecule has 0 saturated carbocycles. The van der Waals surface area contributed by atoms with Crippen molar-refractivity contribution in [3.05, 3.63) is 54.6 Å². The number of nitrogens with zero attached hydrogens (tertiary/aromatic N) is 3. The smallest absolute Gasteiger partial charge is 0.244 e. The minimum atomic E-state index is -0.0119. The maximum Gasteiger partial charge on any atom is 0.244 e. The van der Waals surface area contributed by atoms with Crippen molar-refractivity contribution >= 4 is 47.2 Å². The molecule has 28 heavy (non-hydrogen) atoms. The van der Waals surface area contributed by atoms with Gasteiger partial charge in [0, 0.05) is 37.6 Å². The van der Waals surface area contributed by atoms with Crippen molar-refractivity contribution in [1.82, 2.24) is 4.90 Å². The van der Waals surface area contributed by atoms with Gasteiger partial charge in [-0.15, -0.1) is 24.0 Å². The molecule has 2 aromatic carbocycles. The monoisotopic (exact) mass is 495 g/mol. The topological polar surface area (TPSA) is 83.2 Å². The van der Waals surface area contributed by atoms with Crippen LogP contribution in [0.25, 0.3) is 0 Å². The Kier molecular flexibility index (Phi) is 8.37. The van der Waals surface area contributed by atoms with Crippen LogP contribution in [0.3, 0.4) is 0 Å². The molecule has 0 aliphatic carbocycles. The van der Waals surface area contributed by atoms with Crippen LogP contribution in [-0.2, 0) is 4.79 Å². The number of piperazine rings is 1. The number of rotatable bonds is 5. The van der Waals surface area contributed by atoms with Gasteiger partial charge in [0.15, 0.2) is 5.96 Å². The lowest BCUT2D eigenvalue weighted by atomic mass is 10.2. The standard InChI is InChI=1S/C20H25N5O2.HI/c1-27-18-9-7-16(8-10-18)23-20(21)22-15-19(26)25-13-11-24(12-14-25)17-5-3-2-4-6-17;/h2-10H,11-15H2,1H3,(H3,21,22,23);1H. The normalized spacial score (nSPS) is 14.2. The first-order valence-electron chi connectivity index (χ1n) is 8.94. The minimum Gasteiger partial charge on any atom is -0.497 e. The van der Waals surface area contributed by atoms with Crippen molar-refractivity contribution in [3.63, 3.8) is 0 Å². The van der Waals surface area contributed by atoms with Crippen LogP contribution < -0.4 is 20.7 Å². The summed E-state index contributed by atoms with van der Waals surface area (Å²) in [5.74, 6) is 0.972. The third kappa shape index (κ3) is 6.01. The van der Waals surface area contributed by atoms with Gasteiger partial charge in [-0.1, -0.05) is 18.2 Å². The van der Waals surface area contributed by atoms with E-state index >= 15 is 0 Å². The van der Waals surface area contributed by atoms with Gasteiger partial charge in [0.1, 0.15) is 12.3 Å². The van der Waals surface area contributed by atoms with E-state index in [0.717, 1.165) is 24.5 Å². The number of methoxy groups -OCH3 is 1. The van der Waals surface area contributed by atoms with Gasteiger partial charge in [-0.2, -0.15) is 0 Å². The second kappa shape index (κ2) is 10.7. The number of carbonyl (C=O) groups excluding carboxylic acids is 1. The van der Waals surface area contributed by atoms with Gasteiger partial charge in [-0.25, -0.2) is 4.99 Å². The number of nitrogens with one attached hydrogen (secondary N) is 1. The summed E-state index contributed by atoms with van der Waals surface area (Å²) >= 11 is 0. The number of hydrogen-bond donors (Lipinski definition) is 2. The average Bonchev–Trinajstić information content (AvgIpc) is 2.73. The van der Waals surface area contributed by atoms with Crippen LogP contribution in [0.1, 0.15) is 0 Å². The molecule has 0 bridgehead atoms. The van der Waals surface area contributed by atoms with Gasteiger partial charge >= 0.3 is 0 Å². The van der Waals surface area contributed by atoms with Crippen LogP contribution in [-0.4, -0.2) is 56.6 Å². The SMILES string of the molecule is COc1ccc(NC(N)=NCC(=O)N2CCN(c3ccccc3)CC2)cc1.I. The maximum absolute atomic E-state index is 12.4. The van der Waals surface area contributed by atoms with Crippen molar-refractivity contribution in [2.24, 2.45) is 10.7 Å². The number of aliphatic imine (C=N–C) groups is 1. The lowest BCUT2D eigenvalue weighted by molar-refractivity contribution is -0.129. The lowest BCUT2D eigenvalue weighted by Gasteiger charge is -2.35. The Morgan fingerprint density at radius 2 is 1.71 bits per heavy atom. The number of guanidine groups is 1. The zero-order chi connectivity index (χ0) is 19.1. The molecule has 0 spiro atoms. The molecule has 1 aliphatic rings. The summed E-state index contributed by atoms with van der Waals surface area (Å²) in [5.41, 5.74) is 7.86. The number of benzene rings is 2. The fraction of sp³-hybridized carbons (Fsp3) is 0.300. The second-order valence-electron chi connectivity index (χ2n) is 6.26. The lowest BCUT2D eigenvalue weighted by Crippen LogP contribution is -2.49. The number of amides is 1. The number of ether oxygens (including phenoxy) is 1. The van der Waals surface area contributed by atoms with Crippen molar-refractivity contribution in [1.29, 1.82) is 0 Å². The first-order valence-corrected chi connectivity index (χ1v) is 8.94. The van der Waals surface area contributed by atoms with Gasteiger partial charge in [0.05, 0.1) is 7.11 Å². The molecular formula is C20H26IN5O2. The maximum atomic E-state index is 12.4. The number of para-hydroxylation sites is 1. The Bertz CT molecular complexity index is 775. The van der Waals surface area contributed by atoms with Gasteiger partial charge in [-0.05, 0) is 36.4 Å². The fourth-order valence-corrected chi connectivity index (χ4v) is 2.97. The van der Waals surface area contributed by atoms with Crippen molar-refractivity contribution in [2.45, 2.75) is 0 Å². The summed E-state index contributed by atoms with van der Waals surface area (Å²) < 4.78 is 5.11. The number of nitrogens with two attached hydrogens (primary N) is 1. The molecule has 150 valence electrons. The molecule has 1 saturated heterocycles. The molecular weight excluding hydrogens is 469 g/mol. The summed E-state index contributed by atoms with van der Waals surface area (Å²) in [6.07, 6.45) is 0. The molecule has 0 radical (unpaired) electrons. The van der Waals surface area contributed by atoms with E-state index in [1.807, 2.05) is 47.4 Å². The second-order valence-corrected chi connectivity index (χ2v) is 6.26. The summed E-state index contributed by atoms with van der Waals surface area (Å²) in [6.45, 7) is 3.06. The predicted molar refractivity (Wildman–Crippen MR) is 124 cm³/mol. The number of carbonyl (C=O) groups is 1. The Morgan fingerprint density at radius 3 is 2.32 bits per heavy atom. The van der Waals surface area contributed by atoms with Crippen LogP contribution in [0.2, 0.25) is 0 Å². The van der Waals surface area contributed by atoms with E-state index in [2.05, 4.69) is 27.3 Å². The average molecular weight is 495 g/mol. The molecule has 1 amide bonds. The van der Waals surface area contributed by atoms with E-state index in [-0.39, 0.29) is 42.4 Å². The minimum absolute atomic E-state index is 0. The summed E-state index contributed by atoms with van der Waals surface area (Å²) in [4.78, 5) is 20.7. The molecule has 1 aliphatic heterocycles. The number of anilines is 2. The van der Waals surface area contributed by atoms with Gasteiger partial charge in [0.2, 0.25) is 5.91 Å². The van der Waals surface area contributed by atoms with Gasteiger partial charge < -0.3 is 25.6 Å². The van der Waals surface area contributed by atoms with E-state index in [1.54, 1.807) is 7.11 Å². The van der Waals surface area contributed by atoms with Crippen LogP contribution in [0, 0.1) is 0 Å². The Hall–Kier alpha value is -2.49. The summed E-state index contributed by atoms with van der Waals surface area (Å²) in [6, 6.07) is 17.6. The Balaban J connectivity index is 0.00000280. The first-order chi connectivity index (χ1) is 13.2. The highest BCUT2D eigenvalue weighted by molar-refractivity contribution is 14.0. The van der Waals surface area contributed by atoms with E-state index in [1.165, 1.54) is 5.69 Å². The van der Waals surface area contributed by atoms with Gasteiger partial charge in [-0.3, -0.25) is 4.79 Å². The fourth-order valence-electron chi connectivity index (χ4n) is 2.97. The highest BCUT2D eigenvalue weighted by Gasteiger charge is 2.20. The molecule has 8 heteroatoms. The Morgan fingerprint density at radius 1 is 1.07 bits per heavy atom. The van der Waals surface area contributed by atoms with Crippen LogP contribution in [0.15, 0.2) is 59.6 Å². The number of hydrogen-bond acceptors (Lipinski definition) is 4. The van der Waals surface area contributed by atoms with E-state index in [0.29, 0.717) is 13.1 Å². The highest BCUT2D eigenvalue weighted by Crippen LogP contribution is 2.16. The van der Waals surface area contributed by atoms with E-state index in [4.69, 9.17) is 10.5 Å². The largest absolute Gasteiger partial charge is 0.497 e. The van der Waals surface area contributed by atoms with Crippen molar-refractivity contribution in [2.75, 3.05) is 50.1 Å². The predicted octanol–water partition coefficient (Wildman–Crippen LogP) is 2.39. The van der Waals surface area contributed by atoms with E-state index < -0.39 is 0 Å². The third-order valence-electron chi connectivity index (χ3n) is 4.50. The van der Waals surface area contributed by atoms with E-state index in [9.17, 15) is 4.79 Å². The highest BCUT2D eigenvalue weighted by atomic mass is 127. The zero-order valence-corrected chi connectivity index (χ0v) is 18.2. The Labute approximate surface area is 182 Å². The molecule has 3 N–H and O–H groups in total. The van der Waals surface area contributed by atoms with Crippen LogP contribution in [0.5, 0.6) is 5.75 Å². The van der Waals surface area contributed by atoms with Crippen molar-refractivity contribution < 1.29 is 9.53 Å².